The van der Waals surface area contributed by atoms with Gasteiger partial charge in [-0.2, -0.15) is 13.2 Å². The van der Waals surface area contributed by atoms with Crippen LogP contribution < -0.4 is 10.2 Å². The van der Waals surface area contributed by atoms with E-state index in [2.05, 4.69) is 37.2 Å². The summed E-state index contributed by atoms with van der Waals surface area (Å²) in [6, 6.07) is 16.2. The fourth-order valence-electron chi connectivity index (χ4n) is 3.59. The molecule has 1 N–H and O–H groups in total. The monoisotopic (exact) mass is 441 g/mol. The maximum Gasteiger partial charge on any atom is 0.416 e. The van der Waals surface area contributed by atoms with Gasteiger partial charge < -0.3 is 10.2 Å². The second-order valence-electron chi connectivity index (χ2n) is 7.54. The first kappa shape index (κ1) is 21.8. The normalized spacial score (nSPS) is 14.9. The van der Waals surface area contributed by atoms with Crippen molar-refractivity contribution >= 4 is 17.5 Å². The van der Waals surface area contributed by atoms with E-state index in [0.717, 1.165) is 44.9 Å². The van der Waals surface area contributed by atoms with Gasteiger partial charge in [0.25, 0.3) is 5.91 Å². The molecule has 166 valence electrons. The molecule has 1 aliphatic rings. The highest BCUT2D eigenvalue weighted by Gasteiger charge is 2.31. The Balaban J connectivity index is 1.37. The predicted octanol–water partition coefficient (Wildman–Crippen LogP) is 4.07. The molecule has 1 fully saturated rings. The van der Waals surface area contributed by atoms with E-state index in [9.17, 15) is 18.0 Å². The molecule has 0 radical (unpaired) electrons. The van der Waals surface area contributed by atoms with E-state index in [1.54, 1.807) is 6.07 Å². The molecular formula is C23H22F3N5O. The van der Waals surface area contributed by atoms with Crippen LogP contribution in [0.25, 0.3) is 0 Å². The fourth-order valence-corrected chi connectivity index (χ4v) is 3.59. The number of nitrogens with one attached hydrogen (secondary N) is 1. The molecule has 0 aliphatic carbocycles. The van der Waals surface area contributed by atoms with Gasteiger partial charge in [-0.25, -0.2) is 9.97 Å². The van der Waals surface area contributed by atoms with Crippen LogP contribution in [-0.2, 0) is 12.7 Å². The summed E-state index contributed by atoms with van der Waals surface area (Å²) < 4.78 is 38.7. The maximum absolute atomic E-state index is 12.9. The third kappa shape index (κ3) is 5.42. The number of piperazine rings is 1. The largest absolute Gasteiger partial charge is 0.416 e. The average Bonchev–Trinajstić information content (AvgIpc) is 2.80. The molecule has 0 saturated carbocycles. The van der Waals surface area contributed by atoms with Crippen molar-refractivity contribution in [2.24, 2.45) is 0 Å². The van der Waals surface area contributed by atoms with Crippen LogP contribution >= 0.6 is 0 Å². The number of hydrogen-bond donors (Lipinski definition) is 1. The third-order valence-electron chi connectivity index (χ3n) is 5.29. The second kappa shape index (κ2) is 9.35. The van der Waals surface area contributed by atoms with Crippen molar-refractivity contribution in [3.63, 3.8) is 0 Å². The second-order valence-corrected chi connectivity index (χ2v) is 7.54. The van der Waals surface area contributed by atoms with Gasteiger partial charge in [-0.05, 0) is 23.8 Å². The highest BCUT2D eigenvalue weighted by atomic mass is 19.4. The van der Waals surface area contributed by atoms with Crippen molar-refractivity contribution in [1.29, 1.82) is 0 Å². The number of carbonyl (C=O) groups excluding carboxylic acids is 1. The quantitative estimate of drug-likeness (QED) is 0.647. The van der Waals surface area contributed by atoms with Gasteiger partial charge in [-0.3, -0.25) is 9.69 Å². The minimum Gasteiger partial charge on any atom is -0.354 e. The molecule has 32 heavy (non-hydrogen) atoms. The summed E-state index contributed by atoms with van der Waals surface area (Å²) >= 11 is 0. The maximum atomic E-state index is 12.9. The van der Waals surface area contributed by atoms with E-state index in [-0.39, 0.29) is 11.4 Å². The van der Waals surface area contributed by atoms with E-state index < -0.39 is 17.6 Å². The Morgan fingerprint density at radius 1 is 0.938 bits per heavy atom. The van der Waals surface area contributed by atoms with E-state index in [0.29, 0.717) is 5.82 Å². The lowest BCUT2D eigenvalue weighted by Crippen LogP contribution is -2.46. The Kier molecular flexibility index (Phi) is 6.36. The number of carbonyl (C=O) groups is 1. The molecule has 2 heterocycles. The number of anilines is 2. The lowest BCUT2D eigenvalue weighted by atomic mass is 10.1. The van der Waals surface area contributed by atoms with Crippen molar-refractivity contribution in [3.05, 3.63) is 83.7 Å². The molecule has 0 atom stereocenters. The summed E-state index contributed by atoms with van der Waals surface area (Å²) in [7, 11) is 0. The van der Waals surface area contributed by atoms with E-state index in [1.165, 1.54) is 24.0 Å². The number of halogens is 3. The Morgan fingerprint density at radius 2 is 1.69 bits per heavy atom. The molecule has 0 spiro atoms. The molecule has 1 saturated heterocycles. The van der Waals surface area contributed by atoms with Crippen LogP contribution in [0.3, 0.4) is 0 Å². The minimum atomic E-state index is -4.51. The van der Waals surface area contributed by atoms with Crippen LogP contribution in [-0.4, -0.2) is 47.0 Å². The zero-order valence-electron chi connectivity index (χ0n) is 17.2. The summed E-state index contributed by atoms with van der Waals surface area (Å²) in [5.74, 6) is 0.247. The lowest BCUT2D eigenvalue weighted by Gasteiger charge is -2.35. The van der Waals surface area contributed by atoms with Crippen molar-refractivity contribution in [2.75, 3.05) is 36.4 Å². The topological polar surface area (TPSA) is 61.4 Å². The molecule has 2 aromatic carbocycles. The first-order valence-electron chi connectivity index (χ1n) is 10.2. The first-order valence-corrected chi connectivity index (χ1v) is 10.2. The summed E-state index contributed by atoms with van der Waals surface area (Å²) in [5.41, 5.74) is 0.305. The van der Waals surface area contributed by atoms with E-state index >= 15 is 0 Å². The smallest absolute Gasteiger partial charge is 0.354 e. The Bertz CT molecular complexity index is 1070. The zero-order chi connectivity index (χ0) is 22.6. The molecule has 1 amide bonds. The predicted molar refractivity (Wildman–Crippen MR) is 115 cm³/mol. The number of amides is 1. The molecular weight excluding hydrogens is 419 g/mol. The molecule has 4 rings (SSSR count). The first-order chi connectivity index (χ1) is 15.4. The number of rotatable bonds is 5. The zero-order valence-corrected chi connectivity index (χ0v) is 17.2. The number of alkyl halides is 3. The van der Waals surface area contributed by atoms with Crippen LogP contribution in [0.4, 0.5) is 24.8 Å². The van der Waals surface area contributed by atoms with Gasteiger partial charge >= 0.3 is 6.18 Å². The van der Waals surface area contributed by atoms with Gasteiger partial charge in [-0.1, -0.05) is 36.4 Å². The Labute approximate surface area is 183 Å². The molecule has 6 nitrogen and oxygen atoms in total. The van der Waals surface area contributed by atoms with Gasteiger partial charge in [-0.15, -0.1) is 0 Å². The lowest BCUT2D eigenvalue weighted by molar-refractivity contribution is -0.137. The molecule has 1 aromatic heterocycles. The van der Waals surface area contributed by atoms with Crippen LogP contribution in [0, 0.1) is 0 Å². The average molecular weight is 441 g/mol. The van der Waals surface area contributed by atoms with Crippen molar-refractivity contribution in [2.45, 2.75) is 12.7 Å². The van der Waals surface area contributed by atoms with Gasteiger partial charge in [0.2, 0.25) is 0 Å². The van der Waals surface area contributed by atoms with Crippen molar-refractivity contribution < 1.29 is 18.0 Å². The van der Waals surface area contributed by atoms with Gasteiger partial charge in [0.15, 0.2) is 0 Å². The van der Waals surface area contributed by atoms with Crippen LogP contribution in [0.15, 0.2) is 67.0 Å². The molecule has 3 aromatic rings. The molecule has 1 aliphatic heterocycles. The SMILES string of the molecule is O=C(Nc1cc(N2CCN(Cc3ccccc3)CC2)ncn1)c1cccc(C(F)(F)F)c1. The van der Waals surface area contributed by atoms with Gasteiger partial charge in [0, 0.05) is 44.4 Å². The molecule has 0 bridgehead atoms. The Morgan fingerprint density at radius 3 is 2.41 bits per heavy atom. The van der Waals surface area contributed by atoms with Gasteiger partial charge in [0.1, 0.15) is 18.0 Å². The third-order valence-corrected chi connectivity index (χ3v) is 5.29. The number of aromatic nitrogens is 2. The van der Waals surface area contributed by atoms with Crippen molar-refractivity contribution in [3.8, 4) is 0 Å². The highest BCUT2D eigenvalue weighted by molar-refractivity contribution is 6.04. The van der Waals surface area contributed by atoms with Crippen LogP contribution in [0.5, 0.6) is 0 Å². The molecule has 9 heteroatoms. The van der Waals surface area contributed by atoms with E-state index in [1.807, 2.05) is 18.2 Å². The fraction of sp³-hybridized carbons (Fsp3) is 0.261. The number of benzene rings is 2. The number of hydrogen-bond acceptors (Lipinski definition) is 5. The highest BCUT2D eigenvalue weighted by Crippen LogP contribution is 2.29. The van der Waals surface area contributed by atoms with Crippen LogP contribution in [0.1, 0.15) is 21.5 Å². The summed E-state index contributed by atoms with van der Waals surface area (Å²) in [5, 5.41) is 2.56. The number of nitrogens with zero attached hydrogens (tertiary/aromatic N) is 4. The van der Waals surface area contributed by atoms with Crippen LogP contribution in [0.2, 0.25) is 0 Å². The molecule has 0 unspecified atom stereocenters. The summed E-state index contributed by atoms with van der Waals surface area (Å²) in [6.07, 6.45) is -3.17. The summed E-state index contributed by atoms with van der Waals surface area (Å²) in [6.45, 7) is 4.15. The standard InChI is InChI=1S/C23H22F3N5O/c24-23(25,26)19-8-4-7-18(13-19)22(32)29-20-14-21(28-16-27-20)31-11-9-30(10-12-31)15-17-5-2-1-3-6-17/h1-8,13-14,16H,9-12,15H2,(H,27,28,29,32). The summed E-state index contributed by atoms with van der Waals surface area (Å²) in [4.78, 5) is 25.2. The van der Waals surface area contributed by atoms with Gasteiger partial charge in [0.05, 0.1) is 5.56 Å². The minimum absolute atomic E-state index is 0.0884. The van der Waals surface area contributed by atoms with Crippen molar-refractivity contribution in [1.82, 2.24) is 14.9 Å². The van der Waals surface area contributed by atoms with E-state index in [4.69, 9.17) is 0 Å². The Hall–Kier alpha value is -3.46.